The van der Waals surface area contributed by atoms with Gasteiger partial charge in [0.1, 0.15) is 5.75 Å². The molecule has 2 aromatic rings. The summed E-state index contributed by atoms with van der Waals surface area (Å²) in [6, 6.07) is 16.3. The van der Waals surface area contributed by atoms with E-state index in [0.717, 1.165) is 17.7 Å². The van der Waals surface area contributed by atoms with E-state index in [1.54, 1.807) is 0 Å². The largest absolute Gasteiger partial charge is 0.491 e. The molecular formula is C21H24O. The van der Waals surface area contributed by atoms with Gasteiger partial charge in [-0.05, 0) is 55.2 Å². The zero-order valence-electron chi connectivity index (χ0n) is 13.5. The second-order valence-electron chi connectivity index (χ2n) is 5.67. The second-order valence-corrected chi connectivity index (χ2v) is 5.67. The standard InChI is InChI=1S/C21H24O/c1-4-6-7-8-17(3)22-21-15-13-20(14-16-21)19-11-9-18(5-2)10-12-19/h2,9-17H,4,6-8H2,1,3H3/t17-/m1/s1. The average Bonchev–Trinajstić information content (AvgIpc) is 2.56. The van der Waals surface area contributed by atoms with Gasteiger partial charge >= 0.3 is 0 Å². The molecule has 0 radical (unpaired) electrons. The Bertz CT molecular complexity index is 602. The van der Waals surface area contributed by atoms with Crippen LogP contribution in [0.15, 0.2) is 48.5 Å². The van der Waals surface area contributed by atoms with E-state index in [0.29, 0.717) is 0 Å². The number of rotatable bonds is 7. The van der Waals surface area contributed by atoms with Crippen molar-refractivity contribution in [3.63, 3.8) is 0 Å². The van der Waals surface area contributed by atoms with E-state index in [-0.39, 0.29) is 6.10 Å². The van der Waals surface area contributed by atoms with Gasteiger partial charge in [0.15, 0.2) is 0 Å². The van der Waals surface area contributed by atoms with Gasteiger partial charge in [0, 0.05) is 5.56 Å². The number of hydrogen-bond acceptors (Lipinski definition) is 1. The fourth-order valence-electron chi connectivity index (χ4n) is 2.46. The van der Waals surface area contributed by atoms with Crippen LogP contribution in [-0.4, -0.2) is 6.10 Å². The van der Waals surface area contributed by atoms with Crippen LogP contribution in [-0.2, 0) is 0 Å². The van der Waals surface area contributed by atoms with E-state index in [4.69, 9.17) is 11.2 Å². The summed E-state index contributed by atoms with van der Waals surface area (Å²) in [7, 11) is 0. The normalized spacial score (nSPS) is 11.7. The maximum Gasteiger partial charge on any atom is 0.119 e. The Morgan fingerprint density at radius 1 is 0.955 bits per heavy atom. The summed E-state index contributed by atoms with van der Waals surface area (Å²) >= 11 is 0. The second kappa shape index (κ2) is 8.29. The van der Waals surface area contributed by atoms with Gasteiger partial charge < -0.3 is 4.74 Å². The van der Waals surface area contributed by atoms with E-state index in [9.17, 15) is 0 Å². The van der Waals surface area contributed by atoms with Crippen LogP contribution < -0.4 is 4.74 Å². The van der Waals surface area contributed by atoms with Crippen LogP contribution in [0.3, 0.4) is 0 Å². The first-order chi connectivity index (χ1) is 10.7. The van der Waals surface area contributed by atoms with Gasteiger partial charge in [-0.25, -0.2) is 0 Å². The number of ether oxygens (including phenoxy) is 1. The summed E-state index contributed by atoms with van der Waals surface area (Å²) in [5.74, 6) is 3.58. The van der Waals surface area contributed by atoms with E-state index >= 15 is 0 Å². The quantitative estimate of drug-likeness (QED) is 0.471. The minimum absolute atomic E-state index is 0.271. The molecule has 0 heterocycles. The first-order valence-electron chi connectivity index (χ1n) is 8.06. The summed E-state index contributed by atoms with van der Waals surface area (Å²) < 4.78 is 5.96. The molecule has 1 heteroatoms. The molecule has 0 saturated carbocycles. The van der Waals surface area contributed by atoms with Gasteiger partial charge in [0.2, 0.25) is 0 Å². The Kier molecular flexibility index (Phi) is 6.10. The maximum atomic E-state index is 5.96. The molecule has 1 nitrogen and oxygen atoms in total. The van der Waals surface area contributed by atoms with Crippen LogP contribution in [0, 0.1) is 12.3 Å². The smallest absolute Gasteiger partial charge is 0.119 e. The fraction of sp³-hybridized carbons (Fsp3) is 0.333. The van der Waals surface area contributed by atoms with Crippen molar-refractivity contribution in [3.8, 4) is 29.2 Å². The molecule has 0 aliphatic carbocycles. The Morgan fingerprint density at radius 2 is 1.55 bits per heavy atom. The Balaban J connectivity index is 1.96. The lowest BCUT2D eigenvalue weighted by molar-refractivity contribution is 0.206. The first-order valence-corrected chi connectivity index (χ1v) is 8.06. The molecular weight excluding hydrogens is 268 g/mol. The number of terminal acetylenes is 1. The Hall–Kier alpha value is -2.20. The molecule has 0 amide bonds. The van der Waals surface area contributed by atoms with Gasteiger partial charge in [-0.2, -0.15) is 0 Å². The van der Waals surface area contributed by atoms with Crippen LogP contribution in [0.25, 0.3) is 11.1 Å². The fourth-order valence-corrected chi connectivity index (χ4v) is 2.46. The third-order valence-electron chi connectivity index (χ3n) is 3.79. The van der Waals surface area contributed by atoms with Crippen LogP contribution in [0.5, 0.6) is 5.75 Å². The lowest BCUT2D eigenvalue weighted by Gasteiger charge is -2.14. The highest BCUT2D eigenvalue weighted by molar-refractivity contribution is 5.65. The molecule has 0 N–H and O–H groups in total. The van der Waals surface area contributed by atoms with Crippen molar-refractivity contribution in [2.45, 2.75) is 45.6 Å². The highest BCUT2D eigenvalue weighted by Crippen LogP contribution is 2.23. The van der Waals surface area contributed by atoms with Crippen molar-refractivity contribution < 1.29 is 4.74 Å². The van der Waals surface area contributed by atoms with Crippen molar-refractivity contribution in [1.29, 1.82) is 0 Å². The highest BCUT2D eigenvalue weighted by Gasteiger charge is 2.04. The molecule has 2 rings (SSSR count). The molecule has 2 aromatic carbocycles. The summed E-state index contributed by atoms with van der Waals surface area (Å²) in [6.45, 7) is 4.36. The molecule has 1 atom stereocenters. The molecule has 0 fully saturated rings. The minimum atomic E-state index is 0.271. The van der Waals surface area contributed by atoms with Crippen LogP contribution in [0.4, 0.5) is 0 Å². The Morgan fingerprint density at radius 3 is 2.09 bits per heavy atom. The van der Waals surface area contributed by atoms with Gasteiger partial charge in [0.05, 0.1) is 6.10 Å². The summed E-state index contributed by atoms with van der Waals surface area (Å²) in [5, 5.41) is 0. The number of hydrogen-bond donors (Lipinski definition) is 0. The monoisotopic (exact) mass is 292 g/mol. The van der Waals surface area contributed by atoms with E-state index in [1.807, 2.05) is 24.3 Å². The van der Waals surface area contributed by atoms with Crippen molar-refractivity contribution in [2.75, 3.05) is 0 Å². The molecule has 0 aromatic heterocycles. The predicted octanol–water partition coefficient (Wildman–Crippen LogP) is 5.68. The molecule has 0 bridgehead atoms. The van der Waals surface area contributed by atoms with Crippen LogP contribution in [0.2, 0.25) is 0 Å². The van der Waals surface area contributed by atoms with Crippen molar-refractivity contribution >= 4 is 0 Å². The van der Waals surface area contributed by atoms with Gasteiger partial charge in [0.25, 0.3) is 0 Å². The molecule has 0 spiro atoms. The van der Waals surface area contributed by atoms with E-state index < -0.39 is 0 Å². The lowest BCUT2D eigenvalue weighted by Crippen LogP contribution is -2.11. The third kappa shape index (κ3) is 4.67. The zero-order chi connectivity index (χ0) is 15.8. The molecule has 22 heavy (non-hydrogen) atoms. The van der Waals surface area contributed by atoms with Crippen molar-refractivity contribution in [3.05, 3.63) is 54.1 Å². The maximum absolute atomic E-state index is 5.96. The Labute approximate surface area is 134 Å². The summed E-state index contributed by atoms with van der Waals surface area (Å²) in [6.07, 6.45) is 10.5. The number of benzene rings is 2. The van der Waals surface area contributed by atoms with E-state index in [2.05, 4.69) is 44.0 Å². The van der Waals surface area contributed by atoms with E-state index in [1.165, 1.54) is 30.4 Å². The average molecular weight is 292 g/mol. The van der Waals surface area contributed by atoms with Crippen LogP contribution >= 0.6 is 0 Å². The number of unbranched alkanes of at least 4 members (excludes halogenated alkanes) is 2. The summed E-state index contributed by atoms with van der Waals surface area (Å²) in [4.78, 5) is 0. The molecule has 0 aliphatic rings. The third-order valence-corrected chi connectivity index (χ3v) is 3.79. The van der Waals surface area contributed by atoms with Gasteiger partial charge in [-0.15, -0.1) is 6.42 Å². The molecule has 0 unspecified atom stereocenters. The van der Waals surface area contributed by atoms with Gasteiger partial charge in [-0.3, -0.25) is 0 Å². The van der Waals surface area contributed by atoms with Crippen molar-refractivity contribution in [1.82, 2.24) is 0 Å². The zero-order valence-corrected chi connectivity index (χ0v) is 13.5. The highest BCUT2D eigenvalue weighted by atomic mass is 16.5. The minimum Gasteiger partial charge on any atom is -0.491 e. The molecule has 114 valence electrons. The SMILES string of the molecule is C#Cc1ccc(-c2ccc(O[C@H](C)CCCCC)cc2)cc1. The topological polar surface area (TPSA) is 9.23 Å². The first kappa shape index (κ1) is 16.2. The molecule has 0 saturated heterocycles. The van der Waals surface area contributed by atoms with Crippen LogP contribution in [0.1, 0.15) is 45.1 Å². The molecule has 0 aliphatic heterocycles. The summed E-state index contributed by atoms with van der Waals surface area (Å²) in [5.41, 5.74) is 3.25. The predicted molar refractivity (Wildman–Crippen MR) is 94.0 cm³/mol. The lowest BCUT2D eigenvalue weighted by atomic mass is 10.0. The van der Waals surface area contributed by atoms with Crippen molar-refractivity contribution in [2.24, 2.45) is 0 Å². The van der Waals surface area contributed by atoms with Gasteiger partial charge in [-0.1, -0.05) is 50.0 Å².